The molecular weight excluding hydrogens is 391 g/mol. The second-order valence-electron chi connectivity index (χ2n) is 6.85. The molecule has 3 aromatic rings. The van der Waals surface area contributed by atoms with Crippen LogP contribution in [0.15, 0.2) is 58.5 Å². The second-order valence-corrected chi connectivity index (χ2v) is 8.86. The van der Waals surface area contributed by atoms with Gasteiger partial charge in [-0.05, 0) is 54.3 Å². The van der Waals surface area contributed by atoms with Gasteiger partial charge in [0.05, 0.1) is 4.90 Å². The van der Waals surface area contributed by atoms with E-state index in [-0.39, 0.29) is 5.82 Å². The van der Waals surface area contributed by atoms with Gasteiger partial charge in [-0.1, -0.05) is 12.1 Å². The molecule has 2 aromatic carbocycles. The van der Waals surface area contributed by atoms with Crippen LogP contribution in [0.2, 0.25) is 0 Å². The molecule has 1 heterocycles. The van der Waals surface area contributed by atoms with Gasteiger partial charge in [-0.3, -0.25) is 4.99 Å². The van der Waals surface area contributed by atoms with Crippen LogP contribution >= 0.6 is 0 Å². The van der Waals surface area contributed by atoms with Gasteiger partial charge in [0, 0.05) is 43.5 Å². The normalized spacial score (nSPS) is 12.3. The lowest BCUT2D eigenvalue weighted by molar-refractivity contribution is 0.602. The average molecular weight is 417 g/mol. The number of guanidine groups is 1. The van der Waals surface area contributed by atoms with E-state index < -0.39 is 9.84 Å². The topological polar surface area (TPSA) is 86.3 Å². The van der Waals surface area contributed by atoms with E-state index in [1.54, 1.807) is 25.2 Å². The monoisotopic (exact) mass is 416 g/mol. The fraction of sp³-hybridized carbons (Fsp3) is 0.286. The number of hydrogen-bond donors (Lipinski definition) is 3. The smallest absolute Gasteiger partial charge is 0.190 e. The van der Waals surface area contributed by atoms with Crippen LogP contribution in [-0.4, -0.2) is 45.8 Å². The molecule has 0 saturated heterocycles. The Morgan fingerprint density at radius 1 is 1.07 bits per heavy atom. The first kappa shape index (κ1) is 20.9. The molecule has 8 heteroatoms. The minimum Gasteiger partial charge on any atom is -0.361 e. The highest BCUT2D eigenvalue weighted by atomic mass is 32.2. The van der Waals surface area contributed by atoms with Crippen LogP contribution in [0.5, 0.6) is 0 Å². The maximum absolute atomic E-state index is 13.3. The first-order chi connectivity index (χ1) is 13.9. The zero-order valence-corrected chi connectivity index (χ0v) is 17.3. The Balaban J connectivity index is 1.46. The van der Waals surface area contributed by atoms with E-state index in [1.165, 1.54) is 18.4 Å². The number of aromatic nitrogens is 1. The molecular formula is C21H25FN4O2S. The maximum Gasteiger partial charge on any atom is 0.190 e. The van der Waals surface area contributed by atoms with Crippen molar-refractivity contribution in [3.63, 3.8) is 0 Å². The van der Waals surface area contributed by atoms with Crippen molar-refractivity contribution in [2.24, 2.45) is 4.99 Å². The molecule has 0 fully saturated rings. The summed E-state index contributed by atoms with van der Waals surface area (Å²) < 4.78 is 36.3. The van der Waals surface area contributed by atoms with Crippen molar-refractivity contribution < 1.29 is 12.8 Å². The van der Waals surface area contributed by atoms with Gasteiger partial charge in [-0.25, -0.2) is 12.8 Å². The molecule has 3 rings (SSSR count). The highest BCUT2D eigenvalue weighted by Gasteiger charge is 2.07. The lowest BCUT2D eigenvalue weighted by Crippen LogP contribution is -2.39. The Labute approximate surface area is 170 Å². The SMILES string of the molecule is CN=C(NCCc1ccc(S(C)(=O)=O)cc1)NCCc1c[nH]c2cc(F)ccc12. The second kappa shape index (κ2) is 9.09. The molecule has 154 valence electrons. The molecule has 0 bridgehead atoms. The Bertz CT molecular complexity index is 1110. The van der Waals surface area contributed by atoms with E-state index in [4.69, 9.17) is 0 Å². The van der Waals surface area contributed by atoms with E-state index in [0.29, 0.717) is 23.9 Å². The Morgan fingerprint density at radius 3 is 2.41 bits per heavy atom. The molecule has 0 saturated carbocycles. The first-order valence-electron chi connectivity index (χ1n) is 9.36. The van der Waals surface area contributed by atoms with Crippen LogP contribution < -0.4 is 10.6 Å². The number of nitrogens with zero attached hydrogens (tertiary/aromatic N) is 1. The fourth-order valence-electron chi connectivity index (χ4n) is 3.13. The standard InChI is InChI=1S/C21H25FN4O2S/c1-23-21(24-11-9-15-3-6-18(7-4-15)29(2,27)28)25-12-10-16-14-26-20-13-17(22)5-8-19(16)20/h3-8,13-14,26H,9-12H2,1-2H3,(H2,23,24,25). The quantitative estimate of drug-likeness (QED) is 0.408. The highest BCUT2D eigenvalue weighted by molar-refractivity contribution is 7.90. The summed E-state index contributed by atoms with van der Waals surface area (Å²) >= 11 is 0. The lowest BCUT2D eigenvalue weighted by atomic mass is 10.1. The van der Waals surface area contributed by atoms with Gasteiger partial charge in [-0.15, -0.1) is 0 Å². The van der Waals surface area contributed by atoms with E-state index in [1.807, 2.05) is 18.3 Å². The lowest BCUT2D eigenvalue weighted by Gasteiger charge is -2.12. The van der Waals surface area contributed by atoms with Crippen molar-refractivity contribution in [3.8, 4) is 0 Å². The van der Waals surface area contributed by atoms with Gasteiger partial charge in [0.25, 0.3) is 0 Å². The molecule has 0 atom stereocenters. The summed E-state index contributed by atoms with van der Waals surface area (Å²) in [6, 6.07) is 11.7. The molecule has 0 amide bonds. The average Bonchev–Trinajstić information content (AvgIpc) is 3.08. The van der Waals surface area contributed by atoms with Crippen LogP contribution in [0.4, 0.5) is 4.39 Å². The predicted molar refractivity (Wildman–Crippen MR) is 115 cm³/mol. The molecule has 29 heavy (non-hydrogen) atoms. The van der Waals surface area contributed by atoms with Crippen LogP contribution in [0.3, 0.4) is 0 Å². The van der Waals surface area contributed by atoms with Gasteiger partial charge in [0.1, 0.15) is 5.82 Å². The zero-order chi connectivity index (χ0) is 20.9. The first-order valence-corrected chi connectivity index (χ1v) is 11.2. The zero-order valence-electron chi connectivity index (χ0n) is 16.5. The van der Waals surface area contributed by atoms with Crippen molar-refractivity contribution in [2.75, 3.05) is 26.4 Å². The van der Waals surface area contributed by atoms with Crippen LogP contribution in [0, 0.1) is 5.82 Å². The molecule has 0 aliphatic rings. The molecule has 0 spiro atoms. The van der Waals surface area contributed by atoms with E-state index in [9.17, 15) is 12.8 Å². The Morgan fingerprint density at radius 2 is 1.76 bits per heavy atom. The van der Waals surface area contributed by atoms with Gasteiger partial charge in [-0.2, -0.15) is 0 Å². The predicted octanol–water partition coefficient (Wildman–Crippen LogP) is 2.66. The van der Waals surface area contributed by atoms with Crippen molar-refractivity contribution in [1.82, 2.24) is 15.6 Å². The van der Waals surface area contributed by atoms with Crippen molar-refractivity contribution >= 4 is 26.7 Å². The molecule has 3 N–H and O–H groups in total. The molecule has 1 aromatic heterocycles. The summed E-state index contributed by atoms with van der Waals surface area (Å²) in [5.74, 6) is 0.447. The Hall–Kier alpha value is -2.87. The number of halogens is 1. The van der Waals surface area contributed by atoms with E-state index in [0.717, 1.165) is 34.9 Å². The number of sulfone groups is 1. The molecule has 0 unspecified atom stereocenters. The third kappa shape index (κ3) is 5.57. The highest BCUT2D eigenvalue weighted by Crippen LogP contribution is 2.19. The van der Waals surface area contributed by atoms with Crippen LogP contribution in [0.1, 0.15) is 11.1 Å². The summed E-state index contributed by atoms with van der Waals surface area (Å²) in [5, 5.41) is 7.54. The minimum absolute atomic E-state index is 0.250. The van der Waals surface area contributed by atoms with Gasteiger partial charge in [0.15, 0.2) is 15.8 Å². The summed E-state index contributed by atoms with van der Waals surface area (Å²) in [6.07, 6.45) is 4.63. The number of rotatable bonds is 7. The third-order valence-corrected chi connectivity index (χ3v) is 5.83. The molecule has 0 aliphatic heterocycles. The number of nitrogens with one attached hydrogen (secondary N) is 3. The summed E-state index contributed by atoms with van der Waals surface area (Å²) in [7, 11) is -1.45. The van der Waals surface area contributed by atoms with Gasteiger partial charge >= 0.3 is 0 Å². The summed E-state index contributed by atoms with van der Waals surface area (Å²) in [4.78, 5) is 7.64. The van der Waals surface area contributed by atoms with Crippen molar-refractivity contribution in [3.05, 3.63) is 65.6 Å². The minimum atomic E-state index is -3.17. The number of aromatic amines is 1. The van der Waals surface area contributed by atoms with Crippen molar-refractivity contribution in [1.29, 1.82) is 0 Å². The number of hydrogen-bond acceptors (Lipinski definition) is 3. The Kier molecular flexibility index (Phi) is 6.53. The number of benzene rings is 2. The number of fused-ring (bicyclic) bond motifs is 1. The largest absolute Gasteiger partial charge is 0.361 e. The van der Waals surface area contributed by atoms with E-state index in [2.05, 4.69) is 20.6 Å². The van der Waals surface area contributed by atoms with Gasteiger partial charge < -0.3 is 15.6 Å². The molecule has 0 radical (unpaired) electrons. The molecule has 6 nitrogen and oxygen atoms in total. The van der Waals surface area contributed by atoms with Crippen LogP contribution in [-0.2, 0) is 22.7 Å². The molecule has 0 aliphatic carbocycles. The fourth-order valence-corrected chi connectivity index (χ4v) is 3.76. The number of aliphatic imine (C=N–C) groups is 1. The third-order valence-electron chi connectivity index (χ3n) is 4.70. The summed E-state index contributed by atoms with van der Waals surface area (Å²) in [6.45, 7) is 1.36. The van der Waals surface area contributed by atoms with E-state index >= 15 is 0 Å². The maximum atomic E-state index is 13.3. The van der Waals surface area contributed by atoms with Crippen LogP contribution in [0.25, 0.3) is 10.9 Å². The number of H-pyrrole nitrogens is 1. The van der Waals surface area contributed by atoms with Crippen molar-refractivity contribution in [2.45, 2.75) is 17.7 Å². The summed E-state index contributed by atoms with van der Waals surface area (Å²) in [5.41, 5.74) is 2.96. The van der Waals surface area contributed by atoms with Gasteiger partial charge in [0.2, 0.25) is 0 Å².